The molecule has 1 atom stereocenters. The lowest BCUT2D eigenvalue weighted by Gasteiger charge is -2.37. The molecule has 3 aliphatic rings. The van der Waals surface area contributed by atoms with Crippen LogP contribution < -0.4 is 10.4 Å². The number of carbonyl (C=O) groups is 1. The van der Waals surface area contributed by atoms with E-state index in [1.807, 2.05) is 4.90 Å². The predicted molar refractivity (Wildman–Crippen MR) is 122 cm³/mol. The number of rotatable bonds is 1. The Bertz CT molecular complexity index is 1230. The lowest BCUT2D eigenvalue weighted by molar-refractivity contribution is 0.0741. The molecule has 32 heavy (non-hydrogen) atoms. The normalized spacial score (nSPS) is 20.1. The average Bonchev–Trinajstić information content (AvgIpc) is 3.16. The molecule has 1 saturated heterocycles. The lowest BCUT2D eigenvalue weighted by atomic mass is 9.93. The first-order valence-electron chi connectivity index (χ1n) is 11.3. The molecule has 0 spiro atoms. The first-order chi connectivity index (χ1) is 15.6. The van der Waals surface area contributed by atoms with Crippen molar-refractivity contribution in [3.8, 4) is 5.75 Å². The molecule has 6 rings (SSSR count). The number of pyridine rings is 1. The fraction of sp³-hybridized carbons (Fsp3) is 0.308. The summed E-state index contributed by atoms with van der Waals surface area (Å²) in [5.41, 5.74) is 4.55. The largest absolute Gasteiger partial charge is 0.502 e. The van der Waals surface area contributed by atoms with Crippen molar-refractivity contribution in [2.45, 2.75) is 37.8 Å². The molecule has 1 fully saturated rings. The van der Waals surface area contributed by atoms with Crippen LogP contribution in [-0.4, -0.2) is 39.7 Å². The number of benzene rings is 2. The predicted octanol–water partition coefficient (Wildman–Crippen LogP) is 3.00. The van der Waals surface area contributed by atoms with Gasteiger partial charge in [0.15, 0.2) is 11.4 Å². The summed E-state index contributed by atoms with van der Waals surface area (Å²) >= 11 is 0. The number of aromatic nitrogens is 1. The van der Waals surface area contributed by atoms with Crippen LogP contribution in [0.4, 0.5) is 0 Å². The summed E-state index contributed by atoms with van der Waals surface area (Å²) in [6, 6.07) is 18.3. The van der Waals surface area contributed by atoms with Crippen LogP contribution >= 0.6 is 0 Å². The van der Waals surface area contributed by atoms with Gasteiger partial charge in [0.2, 0.25) is 5.43 Å². The quantitative estimate of drug-likeness (QED) is 0.649. The summed E-state index contributed by atoms with van der Waals surface area (Å²) in [5, 5.41) is 12.9. The second kappa shape index (κ2) is 7.26. The van der Waals surface area contributed by atoms with Gasteiger partial charge in [0, 0.05) is 18.8 Å². The molecule has 162 valence electrons. The first-order valence-corrected chi connectivity index (χ1v) is 11.3. The van der Waals surface area contributed by atoms with Crippen molar-refractivity contribution in [1.82, 2.24) is 9.58 Å². The van der Waals surface area contributed by atoms with Crippen molar-refractivity contribution < 1.29 is 9.90 Å². The van der Waals surface area contributed by atoms with Crippen molar-refractivity contribution in [3.05, 3.63) is 99.0 Å². The number of hydrogen-bond donors (Lipinski definition) is 1. The number of amides is 1. The highest BCUT2D eigenvalue weighted by atomic mass is 16.3. The van der Waals surface area contributed by atoms with Crippen LogP contribution in [-0.2, 0) is 12.8 Å². The van der Waals surface area contributed by atoms with Crippen molar-refractivity contribution in [2.75, 3.05) is 18.1 Å². The Labute approximate surface area is 186 Å². The molecule has 6 nitrogen and oxygen atoms in total. The zero-order valence-corrected chi connectivity index (χ0v) is 17.8. The number of aryl methyl sites for hydroxylation is 2. The van der Waals surface area contributed by atoms with E-state index >= 15 is 0 Å². The number of fused-ring (bicyclic) bond motifs is 4. The Morgan fingerprint density at radius 2 is 1.53 bits per heavy atom. The molecule has 2 aliphatic heterocycles. The Kier molecular flexibility index (Phi) is 4.35. The third kappa shape index (κ3) is 2.79. The number of hydrogen-bond acceptors (Lipinski definition) is 4. The van der Waals surface area contributed by atoms with Gasteiger partial charge in [-0.25, -0.2) is 0 Å². The van der Waals surface area contributed by atoms with Crippen LogP contribution in [0.25, 0.3) is 0 Å². The van der Waals surface area contributed by atoms with Crippen LogP contribution in [0.15, 0.2) is 65.6 Å². The highest BCUT2D eigenvalue weighted by molar-refractivity contribution is 5.96. The molecule has 3 aromatic rings. The van der Waals surface area contributed by atoms with E-state index in [-0.39, 0.29) is 23.7 Å². The minimum absolute atomic E-state index is 0.0412. The van der Waals surface area contributed by atoms with Crippen molar-refractivity contribution in [3.63, 3.8) is 0 Å². The van der Waals surface area contributed by atoms with Crippen LogP contribution in [0.2, 0.25) is 0 Å². The maximum Gasteiger partial charge on any atom is 0.276 e. The molecule has 0 radical (unpaired) electrons. The molecular formula is C26H25N3O3. The fourth-order valence-corrected chi connectivity index (χ4v) is 5.71. The number of aromatic hydroxyl groups is 1. The molecule has 3 heterocycles. The SMILES string of the molecule is O=C1c2c(O)c(=O)ccn2N(C2c3ccccc3CCc3ccccc32)C[C@@H]2CCCN12. The molecule has 1 N–H and O–H groups in total. The topological polar surface area (TPSA) is 65.8 Å². The van der Waals surface area contributed by atoms with E-state index < -0.39 is 11.2 Å². The zero-order valence-electron chi connectivity index (χ0n) is 17.8. The minimum atomic E-state index is -0.524. The average molecular weight is 428 g/mol. The second-order valence-electron chi connectivity index (χ2n) is 8.94. The third-order valence-electron chi connectivity index (χ3n) is 7.23. The minimum Gasteiger partial charge on any atom is -0.502 e. The molecule has 0 saturated carbocycles. The van der Waals surface area contributed by atoms with Crippen LogP contribution in [0.5, 0.6) is 5.75 Å². The van der Waals surface area contributed by atoms with Crippen LogP contribution in [0.1, 0.15) is 51.6 Å². The van der Waals surface area contributed by atoms with Crippen molar-refractivity contribution in [1.29, 1.82) is 0 Å². The lowest BCUT2D eigenvalue weighted by Crippen LogP contribution is -2.45. The van der Waals surface area contributed by atoms with Gasteiger partial charge in [-0.3, -0.25) is 19.3 Å². The standard InChI is InChI=1S/C26H25N3O3/c30-22-13-15-28-24(25(22)31)26(32)27-14-5-8-19(27)16-29(28)23-20-9-3-1-6-17(20)11-12-18-7-2-4-10-21(18)23/h1-4,6-7,9-10,13,15,19,23,31H,5,8,11-12,14,16H2/t19-/m0/s1. The van der Waals surface area contributed by atoms with E-state index in [0.29, 0.717) is 13.1 Å². The third-order valence-corrected chi connectivity index (χ3v) is 7.23. The van der Waals surface area contributed by atoms with Gasteiger partial charge in [0.25, 0.3) is 5.91 Å². The summed E-state index contributed by atoms with van der Waals surface area (Å²) in [4.78, 5) is 27.6. The van der Waals surface area contributed by atoms with Crippen molar-refractivity contribution >= 4 is 5.91 Å². The summed E-state index contributed by atoms with van der Waals surface area (Å²) in [7, 11) is 0. The van der Waals surface area contributed by atoms with E-state index in [9.17, 15) is 14.7 Å². The van der Waals surface area contributed by atoms with Gasteiger partial charge in [0.1, 0.15) is 0 Å². The van der Waals surface area contributed by atoms with E-state index in [0.717, 1.165) is 25.7 Å². The Hall–Kier alpha value is -3.54. The molecule has 1 aromatic heterocycles. The van der Waals surface area contributed by atoms with Crippen LogP contribution in [0.3, 0.4) is 0 Å². The van der Waals surface area contributed by atoms with Gasteiger partial charge in [-0.2, -0.15) is 0 Å². The first kappa shape index (κ1) is 19.2. The van der Waals surface area contributed by atoms with Crippen molar-refractivity contribution in [2.24, 2.45) is 0 Å². The summed E-state index contributed by atoms with van der Waals surface area (Å²) in [6.07, 6.45) is 5.40. The van der Waals surface area contributed by atoms with Gasteiger partial charge in [0.05, 0.1) is 18.6 Å². The molecule has 6 heteroatoms. The molecule has 1 amide bonds. The van der Waals surface area contributed by atoms with Gasteiger partial charge < -0.3 is 10.0 Å². The molecule has 2 aromatic carbocycles. The summed E-state index contributed by atoms with van der Waals surface area (Å²) in [6.45, 7) is 1.28. The maximum atomic E-state index is 13.5. The van der Waals surface area contributed by atoms with E-state index in [1.54, 1.807) is 10.9 Å². The monoisotopic (exact) mass is 427 g/mol. The fourth-order valence-electron chi connectivity index (χ4n) is 5.71. The van der Waals surface area contributed by atoms with Gasteiger partial charge in [-0.05, 0) is 47.9 Å². The maximum absolute atomic E-state index is 13.5. The highest BCUT2D eigenvalue weighted by Crippen LogP contribution is 2.39. The molecular weight excluding hydrogens is 402 g/mol. The Morgan fingerprint density at radius 1 is 0.875 bits per heavy atom. The van der Waals surface area contributed by atoms with Gasteiger partial charge in [-0.1, -0.05) is 48.5 Å². The number of nitrogens with zero attached hydrogens (tertiary/aromatic N) is 3. The Morgan fingerprint density at radius 3 is 2.22 bits per heavy atom. The molecule has 0 unspecified atom stereocenters. The molecule has 1 aliphatic carbocycles. The van der Waals surface area contributed by atoms with E-state index in [4.69, 9.17) is 0 Å². The van der Waals surface area contributed by atoms with E-state index in [2.05, 4.69) is 53.5 Å². The van der Waals surface area contributed by atoms with Gasteiger partial charge in [-0.15, -0.1) is 0 Å². The van der Waals surface area contributed by atoms with Crippen LogP contribution in [0, 0.1) is 0 Å². The van der Waals surface area contributed by atoms with Gasteiger partial charge >= 0.3 is 0 Å². The second-order valence-corrected chi connectivity index (χ2v) is 8.94. The Balaban J connectivity index is 1.63. The highest BCUT2D eigenvalue weighted by Gasteiger charge is 2.41. The summed E-state index contributed by atoms with van der Waals surface area (Å²) < 4.78 is 1.74. The molecule has 0 bridgehead atoms. The smallest absolute Gasteiger partial charge is 0.276 e. The summed E-state index contributed by atoms with van der Waals surface area (Å²) in [5.74, 6) is -0.731. The van der Waals surface area contributed by atoms with E-state index in [1.165, 1.54) is 28.3 Å². The zero-order chi connectivity index (χ0) is 21.8. The number of carbonyl (C=O) groups excluding carboxylic acids is 1.